The highest BCUT2D eigenvalue weighted by Gasteiger charge is 2.42. The van der Waals surface area contributed by atoms with Crippen molar-refractivity contribution in [1.82, 2.24) is 24.4 Å². The summed E-state index contributed by atoms with van der Waals surface area (Å²) in [5.74, 6) is -0.955. The third-order valence-corrected chi connectivity index (χ3v) is 9.67. The number of fused-ring (bicyclic) bond motifs is 1. The number of piperidine rings is 1. The van der Waals surface area contributed by atoms with Gasteiger partial charge in [0.15, 0.2) is 5.82 Å². The van der Waals surface area contributed by atoms with Crippen LogP contribution in [-0.2, 0) is 10.0 Å². The molecule has 2 aliphatic heterocycles. The Morgan fingerprint density at radius 3 is 2.48 bits per heavy atom. The van der Waals surface area contributed by atoms with Crippen LogP contribution < -0.4 is 9.04 Å². The highest BCUT2D eigenvalue weighted by atomic mass is 32.2. The van der Waals surface area contributed by atoms with Gasteiger partial charge in [0.2, 0.25) is 10.0 Å². The van der Waals surface area contributed by atoms with Crippen LogP contribution >= 0.6 is 0 Å². The molecule has 1 aromatic carbocycles. The number of nitrogens with zero attached hydrogens (tertiary/aromatic N) is 6. The van der Waals surface area contributed by atoms with Crippen LogP contribution in [-0.4, -0.2) is 92.5 Å². The molecule has 2 saturated heterocycles. The third-order valence-electron chi connectivity index (χ3n) is 8.46. The molecule has 12 heteroatoms. The Balaban J connectivity index is 1.22. The van der Waals surface area contributed by atoms with Gasteiger partial charge in [-0.15, -0.1) is 0 Å². The fraction of sp³-hybridized carbons (Fsp3) is 0.400. The number of ether oxygens (including phenoxy) is 1. The molecule has 2 fully saturated rings. The minimum absolute atomic E-state index is 0.0857. The van der Waals surface area contributed by atoms with Crippen LogP contribution in [0.4, 0.5) is 14.5 Å². The second kappa shape index (κ2) is 10.9. The molecule has 0 aliphatic carbocycles. The lowest BCUT2D eigenvalue weighted by Crippen LogP contribution is -2.58. The van der Waals surface area contributed by atoms with Gasteiger partial charge in [-0.05, 0) is 74.3 Å². The zero-order valence-corrected chi connectivity index (χ0v) is 24.7. The minimum Gasteiger partial charge on any atom is -0.491 e. The normalized spacial score (nSPS) is 17.5. The average Bonchev–Trinajstić information content (AvgIpc) is 3.35. The van der Waals surface area contributed by atoms with Crippen molar-refractivity contribution in [3.05, 3.63) is 66.6 Å². The van der Waals surface area contributed by atoms with Crippen LogP contribution in [0, 0.1) is 17.0 Å². The Labute approximate surface area is 244 Å². The predicted molar refractivity (Wildman–Crippen MR) is 158 cm³/mol. The molecule has 0 amide bonds. The molecule has 0 saturated carbocycles. The summed E-state index contributed by atoms with van der Waals surface area (Å²) >= 11 is 0. The summed E-state index contributed by atoms with van der Waals surface area (Å²) in [6, 6.07) is 9.41. The topological polar surface area (TPSA) is 83.3 Å². The van der Waals surface area contributed by atoms with Gasteiger partial charge >= 0.3 is 0 Å². The number of halogens is 2. The molecule has 222 valence electrons. The van der Waals surface area contributed by atoms with E-state index in [1.807, 2.05) is 18.3 Å². The molecule has 0 unspecified atom stereocenters. The van der Waals surface area contributed by atoms with Crippen molar-refractivity contribution < 1.29 is 21.9 Å². The lowest BCUT2D eigenvalue weighted by Gasteiger charge is -2.53. The first-order valence-corrected chi connectivity index (χ1v) is 15.8. The first kappa shape index (κ1) is 28.5. The molecule has 0 N–H and O–H groups in total. The standard InChI is InChI=1S/C30H34F2N6O3S/c1-35-19-30(20-35)6-8-37(9-7-30)10-11-41-25-4-5-28-26(17-34-38(28)18-25)21-12-22(29-27(32)15-23(31)16-33-29)14-24(13-21)36(2)42(3,39)40/h4-5,12-18H,6-11,19-20H2,1-3H3. The number of anilines is 1. The molecule has 3 aromatic heterocycles. The van der Waals surface area contributed by atoms with Crippen LogP contribution in [0.1, 0.15) is 12.8 Å². The quantitative estimate of drug-likeness (QED) is 0.302. The Kier molecular flexibility index (Phi) is 7.40. The number of likely N-dealkylation sites (tertiary alicyclic amines) is 2. The predicted octanol–water partition coefficient (Wildman–Crippen LogP) is 4.14. The Morgan fingerprint density at radius 1 is 1.05 bits per heavy atom. The monoisotopic (exact) mass is 596 g/mol. The van der Waals surface area contributed by atoms with E-state index in [0.29, 0.717) is 40.1 Å². The first-order valence-electron chi connectivity index (χ1n) is 13.9. The Bertz CT molecular complexity index is 1730. The lowest BCUT2D eigenvalue weighted by molar-refractivity contribution is -0.0329. The van der Waals surface area contributed by atoms with Gasteiger partial charge in [-0.1, -0.05) is 0 Å². The van der Waals surface area contributed by atoms with Crippen LogP contribution in [0.15, 0.2) is 55.0 Å². The molecule has 6 rings (SSSR count). The number of hydrogen-bond acceptors (Lipinski definition) is 7. The Hall–Kier alpha value is -3.61. The number of pyridine rings is 2. The number of rotatable bonds is 8. The lowest BCUT2D eigenvalue weighted by atomic mass is 9.72. The molecule has 0 bridgehead atoms. The summed E-state index contributed by atoms with van der Waals surface area (Å²) < 4.78 is 61.8. The van der Waals surface area contributed by atoms with Crippen molar-refractivity contribution in [3.63, 3.8) is 0 Å². The third kappa shape index (κ3) is 5.70. The summed E-state index contributed by atoms with van der Waals surface area (Å²) in [4.78, 5) is 8.78. The highest BCUT2D eigenvalue weighted by Crippen LogP contribution is 2.39. The summed E-state index contributed by atoms with van der Waals surface area (Å²) in [7, 11) is -0.0117. The summed E-state index contributed by atoms with van der Waals surface area (Å²) in [5.41, 5.74) is 3.12. The summed E-state index contributed by atoms with van der Waals surface area (Å²) in [6.07, 6.45) is 7.97. The van der Waals surface area contributed by atoms with Gasteiger partial charge in [0, 0.05) is 43.9 Å². The summed E-state index contributed by atoms with van der Waals surface area (Å²) in [5, 5.41) is 4.50. The van der Waals surface area contributed by atoms with Crippen LogP contribution in [0.3, 0.4) is 0 Å². The van der Waals surface area contributed by atoms with E-state index in [9.17, 15) is 17.2 Å². The first-order chi connectivity index (χ1) is 20.0. The maximum Gasteiger partial charge on any atom is 0.231 e. The highest BCUT2D eigenvalue weighted by molar-refractivity contribution is 7.92. The van der Waals surface area contributed by atoms with Gasteiger partial charge in [0.1, 0.15) is 23.9 Å². The van der Waals surface area contributed by atoms with E-state index in [-0.39, 0.29) is 5.69 Å². The van der Waals surface area contributed by atoms with Crippen molar-refractivity contribution in [2.75, 3.05) is 64.0 Å². The van der Waals surface area contributed by atoms with Crippen molar-refractivity contribution in [2.45, 2.75) is 12.8 Å². The number of hydrogen-bond donors (Lipinski definition) is 0. The van der Waals surface area contributed by atoms with Gasteiger partial charge < -0.3 is 9.64 Å². The van der Waals surface area contributed by atoms with Gasteiger partial charge in [-0.3, -0.25) is 14.2 Å². The van der Waals surface area contributed by atoms with E-state index in [1.54, 1.807) is 22.8 Å². The largest absolute Gasteiger partial charge is 0.491 e. The molecular weight excluding hydrogens is 562 g/mol. The molecular formula is C30H34F2N6O3S. The maximum atomic E-state index is 14.7. The molecule has 1 spiro atoms. The maximum absolute atomic E-state index is 14.7. The smallest absolute Gasteiger partial charge is 0.231 e. The molecule has 2 aliphatic rings. The second-order valence-corrected chi connectivity index (χ2v) is 13.6. The number of aromatic nitrogens is 3. The van der Waals surface area contributed by atoms with Crippen molar-refractivity contribution in [2.24, 2.45) is 5.41 Å². The van der Waals surface area contributed by atoms with Gasteiger partial charge in [0.25, 0.3) is 0 Å². The molecule has 9 nitrogen and oxygen atoms in total. The van der Waals surface area contributed by atoms with E-state index in [0.717, 1.165) is 48.0 Å². The molecule has 0 atom stereocenters. The van der Waals surface area contributed by atoms with Crippen LogP contribution in [0.5, 0.6) is 5.75 Å². The van der Waals surface area contributed by atoms with E-state index in [2.05, 4.69) is 26.9 Å². The minimum atomic E-state index is -3.61. The van der Waals surface area contributed by atoms with Crippen LogP contribution in [0.25, 0.3) is 27.9 Å². The van der Waals surface area contributed by atoms with Gasteiger partial charge in [0.05, 0.1) is 36.1 Å². The van der Waals surface area contributed by atoms with E-state index in [4.69, 9.17) is 4.74 Å². The number of sulfonamides is 1. The van der Waals surface area contributed by atoms with E-state index in [1.165, 1.54) is 39.0 Å². The van der Waals surface area contributed by atoms with Crippen molar-refractivity contribution >= 4 is 21.2 Å². The van der Waals surface area contributed by atoms with Crippen molar-refractivity contribution in [1.29, 1.82) is 0 Å². The zero-order valence-electron chi connectivity index (χ0n) is 23.9. The van der Waals surface area contributed by atoms with E-state index >= 15 is 0 Å². The fourth-order valence-corrected chi connectivity index (χ4v) is 6.62. The van der Waals surface area contributed by atoms with E-state index < -0.39 is 21.7 Å². The SMILES string of the molecule is CN1CC2(CCN(CCOc3ccc4c(-c5cc(-c6ncc(F)cc6F)cc(N(C)S(C)(=O)=O)c5)cnn4c3)CC2)C1. The molecule has 4 aromatic rings. The van der Waals surface area contributed by atoms with Gasteiger partial charge in [-0.2, -0.15) is 5.10 Å². The number of benzene rings is 1. The molecule has 0 radical (unpaired) electrons. The summed E-state index contributed by atoms with van der Waals surface area (Å²) in [6.45, 7) is 6.07. The van der Waals surface area contributed by atoms with Crippen molar-refractivity contribution in [3.8, 4) is 28.1 Å². The van der Waals surface area contributed by atoms with Crippen LogP contribution in [0.2, 0.25) is 0 Å². The molecule has 42 heavy (non-hydrogen) atoms. The second-order valence-electron chi connectivity index (χ2n) is 11.6. The van der Waals surface area contributed by atoms with Gasteiger partial charge in [-0.25, -0.2) is 21.7 Å². The Morgan fingerprint density at radius 2 is 1.79 bits per heavy atom. The molecule has 5 heterocycles. The fourth-order valence-electron chi connectivity index (χ4n) is 6.14. The average molecular weight is 597 g/mol. The zero-order chi connectivity index (χ0) is 29.6.